The number of fused-ring (bicyclic) bond motifs is 1. The number of aromatic nitrogens is 3. The van der Waals surface area contributed by atoms with Gasteiger partial charge in [0.15, 0.2) is 11.4 Å². The summed E-state index contributed by atoms with van der Waals surface area (Å²) in [6.07, 6.45) is 4.00. The molecule has 1 N–H and O–H groups in total. The van der Waals surface area contributed by atoms with Crippen LogP contribution in [0.2, 0.25) is 0 Å². The van der Waals surface area contributed by atoms with Crippen LogP contribution in [0.15, 0.2) is 35.1 Å². The molecule has 0 aliphatic heterocycles. The number of pyridine rings is 1. The molecule has 0 atom stereocenters. The molecular formula is C20H24N4O4. The summed E-state index contributed by atoms with van der Waals surface area (Å²) in [6.45, 7) is 6.50. The molecule has 1 amide bonds. The molecule has 0 bridgehead atoms. The summed E-state index contributed by atoms with van der Waals surface area (Å²) in [5, 5.41) is 7.91. The van der Waals surface area contributed by atoms with Crippen molar-refractivity contribution in [2.45, 2.75) is 39.7 Å². The van der Waals surface area contributed by atoms with E-state index < -0.39 is 0 Å². The zero-order chi connectivity index (χ0) is 20.1. The maximum atomic E-state index is 12.8. The van der Waals surface area contributed by atoms with E-state index in [-0.39, 0.29) is 24.3 Å². The molecule has 148 valence electrons. The van der Waals surface area contributed by atoms with E-state index in [1.807, 2.05) is 13.8 Å². The van der Waals surface area contributed by atoms with Crippen LogP contribution in [-0.4, -0.2) is 39.8 Å². The van der Waals surface area contributed by atoms with Crippen LogP contribution in [-0.2, 0) is 9.53 Å². The number of carbonyl (C=O) groups excluding carboxylic acids is 2. The molecule has 3 rings (SSSR count). The second-order valence-electron chi connectivity index (χ2n) is 6.62. The van der Waals surface area contributed by atoms with Crippen molar-refractivity contribution in [2.24, 2.45) is 0 Å². The Bertz CT molecular complexity index is 960. The Morgan fingerprint density at radius 3 is 2.86 bits per heavy atom. The number of carbonyl (C=O) groups is 2. The summed E-state index contributed by atoms with van der Waals surface area (Å²) < 4.78 is 12.1. The third-order valence-electron chi connectivity index (χ3n) is 4.22. The van der Waals surface area contributed by atoms with E-state index >= 15 is 0 Å². The summed E-state index contributed by atoms with van der Waals surface area (Å²) >= 11 is 0. The van der Waals surface area contributed by atoms with Gasteiger partial charge in [-0.1, -0.05) is 0 Å². The van der Waals surface area contributed by atoms with Crippen LogP contribution in [0.4, 0.5) is 0 Å². The van der Waals surface area contributed by atoms with Gasteiger partial charge in [-0.2, -0.15) is 5.10 Å². The molecule has 3 aromatic heterocycles. The maximum absolute atomic E-state index is 12.8. The van der Waals surface area contributed by atoms with Crippen LogP contribution < -0.4 is 5.32 Å². The molecule has 8 nitrogen and oxygen atoms in total. The van der Waals surface area contributed by atoms with Gasteiger partial charge in [0, 0.05) is 19.0 Å². The fraction of sp³-hybridized carbons (Fsp3) is 0.400. The van der Waals surface area contributed by atoms with Crippen LogP contribution in [0, 0.1) is 0 Å². The summed E-state index contributed by atoms with van der Waals surface area (Å²) in [6, 6.07) is 5.37. The van der Waals surface area contributed by atoms with E-state index in [9.17, 15) is 9.59 Å². The third-order valence-corrected chi connectivity index (χ3v) is 4.22. The first-order valence-electron chi connectivity index (χ1n) is 9.37. The highest BCUT2D eigenvalue weighted by Gasteiger charge is 2.19. The van der Waals surface area contributed by atoms with Gasteiger partial charge in [0.2, 0.25) is 0 Å². The highest BCUT2D eigenvalue weighted by molar-refractivity contribution is 6.06. The molecule has 0 spiro atoms. The lowest BCUT2D eigenvalue weighted by molar-refractivity contribution is -0.143. The third kappa shape index (κ3) is 4.21. The van der Waals surface area contributed by atoms with E-state index in [2.05, 4.69) is 15.4 Å². The lowest BCUT2D eigenvalue weighted by atomic mass is 10.1. The summed E-state index contributed by atoms with van der Waals surface area (Å²) in [5.74, 6) is 0.0727. The standard InChI is InChI=1S/C20H24N4O4/c1-4-27-18(25)8-5-9-21-20(26)14-11-16(17-7-6-10-28-17)23-19-15(14)12-22-24(19)13(2)3/h6-7,10-13H,4-5,8-9H2,1-3H3,(H,21,26). The Balaban J connectivity index is 1.85. The van der Waals surface area contributed by atoms with Gasteiger partial charge in [-0.05, 0) is 45.4 Å². The molecule has 0 aromatic carbocycles. The van der Waals surface area contributed by atoms with Gasteiger partial charge < -0.3 is 14.5 Å². The van der Waals surface area contributed by atoms with E-state index in [1.54, 1.807) is 42.3 Å². The van der Waals surface area contributed by atoms with Gasteiger partial charge in [0.25, 0.3) is 5.91 Å². The van der Waals surface area contributed by atoms with Crippen LogP contribution in [0.25, 0.3) is 22.5 Å². The highest BCUT2D eigenvalue weighted by Crippen LogP contribution is 2.26. The van der Waals surface area contributed by atoms with Gasteiger partial charge in [-0.25, -0.2) is 9.67 Å². The molecule has 0 saturated heterocycles. The number of nitrogens with one attached hydrogen (secondary N) is 1. The van der Waals surface area contributed by atoms with Crippen molar-refractivity contribution in [3.05, 3.63) is 36.2 Å². The molecule has 3 aromatic rings. The van der Waals surface area contributed by atoms with Crippen LogP contribution in [0.3, 0.4) is 0 Å². The Kier molecular flexibility index (Phi) is 6.08. The number of amides is 1. The van der Waals surface area contributed by atoms with Crippen molar-refractivity contribution in [1.82, 2.24) is 20.1 Å². The second-order valence-corrected chi connectivity index (χ2v) is 6.62. The quantitative estimate of drug-likeness (QED) is 0.472. The van der Waals surface area contributed by atoms with Crippen molar-refractivity contribution in [1.29, 1.82) is 0 Å². The van der Waals surface area contributed by atoms with E-state index in [0.717, 1.165) is 0 Å². The average molecular weight is 384 g/mol. The largest absolute Gasteiger partial charge is 0.466 e. The average Bonchev–Trinajstić information content (AvgIpc) is 3.33. The molecule has 0 unspecified atom stereocenters. The van der Waals surface area contributed by atoms with Gasteiger partial charge in [-0.15, -0.1) is 0 Å². The molecule has 0 aliphatic carbocycles. The molecule has 8 heteroatoms. The summed E-state index contributed by atoms with van der Waals surface area (Å²) in [5.41, 5.74) is 1.66. The van der Waals surface area contributed by atoms with Crippen molar-refractivity contribution in [2.75, 3.05) is 13.2 Å². The molecule has 0 fully saturated rings. The fourth-order valence-electron chi connectivity index (χ4n) is 2.90. The normalized spacial score (nSPS) is 11.1. The first-order valence-corrected chi connectivity index (χ1v) is 9.37. The summed E-state index contributed by atoms with van der Waals surface area (Å²) in [4.78, 5) is 28.9. The SMILES string of the molecule is CCOC(=O)CCCNC(=O)c1cc(-c2ccco2)nc2c1cnn2C(C)C. The Hall–Kier alpha value is -3.16. The van der Waals surface area contributed by atoms with Crippen molar-refractivity contribution >= 4 is 22.9 Å². The predicted molar refractivity (Wildman–Crippen MR) is 104 cm³/mol. The van der Waals surface area contributed by atoms with E-state index in [1.165, 1.54) is 0 Å². The number of furan rings is 1. The number of esters is 1. The highest BCUT2D eigenvalue weighted by atomic mass is 16.5. The van der Waals surface area contributed by atoms with Crippen molar-refractivity contribution in [3.8, 4) is 11.5 Å². The zero-order valence-electron chi connectivity index (χ0n) is 16.3. The molecule has 0 radical (unpaired) electrons. The Labute approximate surface area is 162 Å². The number of nitrogens with zero attached hydrogens (tertiary/aromatic N) is 3. The van der Waals surface area contributed by atoms with Crippen LogP contribution in [0.5, 0.6) is 0 Å². The Morgan fingerprint density at radius 1 is 1.36 bits per heavy atom. The van der Waals surface area contributed by atoms with Gasteiger partial charge in [-0.3, -0.25) is 9.59 Å². The van der Waals surface area contributed by atoms with E-state index in [4.69, 9.17) is 9.15 Å². The number of hydrogen-bond donors (Lipinski definition) is 1. The minimum atomic E-state index is -0.263. The molecule has 0 aliphatic rings. The molecular weight excluding hydrogens is 360 g/mol. The van der Waals surface area contributed by atoms with Gasteiger partial charge in [0.05, 0.1) is 30.0 Å². The molecule has 0 saturated carbocycles. The zero-order valence-corrected chi connectivity index (χ0v) is 16.3. The lowest BCUT2D eigenvalue weighted by Gasteiger charge is -2.10. The monoisotopic (exact) mass is 384 g/mol. The first-order chi connectivity index (χ1) is 13.5. The fourth-order valence-corrected chi connectivity index (χ4v) is 2.90. The molecule has 28 heavy (non-hydrogen) atoms. The Morgan fingerprint density at radius 2 is 2.18 bits per heavy atom. The van der Waals surface area contributed by atoms with Gasteiger partial charge >= 0.3 is 5.97 Å². The van der Waals surface area contributed by atoms with Crippen LogP contribution >= 0.6 is 0 Å². The minimum Gasteiger partial charge on any atom is -0.466 e. The van der Waals surface area contributed by atoms with Crippen LogP contribution in [0.1, 0.15) is 50.0 Å². The van der Waals surface area contributed by atoms with E-state index in [0.29, 0.717) is 47.6 Å². The van der Waals surface area contributed by atoms with Crippen molar-refractivity contribution < 1.29 is 18.7 Å². The number of hydrogen-bond acceptors (Lipinski definition) is 6. The molecule has 3 heterocycles. The topological polar surface area (TPSA) is 99.2 Å². The smallest absolute Gasteiger partial charge is 0.305 e. The summed E-state index contributed by atoms with van der Waals surface area (Å²) in [7, 11) is 0. The maximum Gasteiger partial charge on any atom is 0.305 e. The van der Waals surface area contributed by atoms with Crippen molar-refractivity contribution in [3.63, 3.8) is 0 Å². The minimum absolute atomic E-state index is 0.0948. The van der Waals surface area contributed by atoms with Gasteiger partial charge in [0.1, 0.15) is 5.69 Å². The predicted octanol–water partition coefficient (Wildman–Crippen LogP) is 3.35. The first kappa shape index (κ1) is 19.6. The number of rotatable bonds is 8. The second kappa shape index (κ2) is 8.69. The lowest BCUT2D eigenvalue weighted by Crippen LogP contribution is -2.25. The number of ether oxygens (including phenoxy) is 1.